The standard InChI is InChI=1S/C21H27N5O2S/c1-15(2)14-29(27,28)26-11-5-6-16(13-26)24-21-17(7-4-10-22-21)20-12-23-18-8-3-9-19(18)25-20/h3-4,7-8,10,12,15-16H,5-6,9,11,13-14H2,1-2H3,(H,22,24)/t16-/m0/s1. The van der Waals surface area contributed by atoms with E-state index in [1.165, 1.54) is 0 Å². The minimum Gasteiger partial charge on any atom is -0.365 e. The van der Waals surface area contributed by atoms with Crippen molar-refractivity contribution in [3.8, 4) is 11.3 Å². The van der Waals surface area contributed by atoms with Crippen molar-refractivity contribution in [3.05, 3.63) is 42.0 Å². The lowest BCUT2D eigenvalue weighted by Gasteiger charge is -2.33. The number of nitrogens with one attached hydrogen (secondary N) is 1. The fourth-order valence-corrected chi connectivity index (χ4v) is 5.77. The van der Waals surface area contributed by atoms with Gasteiger partial charge in [-0.15, -0.1) is 0 Å². The highest BCUT2D eigenvalue weighted by atomic mass is 32.2. The molecule has 29 heavy (non-hydrogen) atoms. The molecule has 3 heterocycles. The number of anilines is 1. The van der Waals surface area contributed by atoms with E-state index >= 15 is 0 Å². The topological polar surface area (TPSA) is 88.1 Å². The van der Waals surface area contributed by atoms with Crippen LogP contribution in [-0.4, -0.2) is 52.6 Å². The van der Waals surface area contributed by atoms with Crippen molar-refractivity contribution in [3.63, 3.8) is 0 Å². The van der Waals surface area contributed by atoms with E-state index in [4.69, 9.17) is 4.98 Å². The molecular formula is C21H27N5O2S. The summed E-state index contributed by atoms with van der Waals surface area (Å²) in [7, 11) is -3.23. The number of rotatable bonds is 6. The van der Waals surface area contributed by atoms with Gasteiger partial charge in [0.2, 0.25) is 10.0 Å². The summed E-state index contributed by atoms with van der Waals surface area (Å²) in [4.78, 5) is 13.8. The molecule has 7 nitrogen and oxygen atoms in total. The third kappa shape index (κ3) is 4.48. The van der Waals surface area contributed by atoms with E-state index in [9.17, 15) is 8.42 Å². The Hall–Kier alpha value is -2.32. The molecule has 2 aromatic heterocycles. The third-order valence-corrected chi connectivity index (χ3v) is 7.42. The Bertz CT molecular complexity index is 1020. The van der Waals surface area contributed by atoms with Crippen LogP contribution in [-0.2, 0) is 16.4 Å². The molecule has 2 aromatic rings. The molecule has 1 atom stereocenters. The number of sulfonamides is 1. The highest BCUT2D eigenvalue weighted by Crippen LogP contribution is 2.28. The minimum atomic E-state index is -3.23. The Balaban J connectivity index is 1.53. The summed E-state index contributed by atoms with van der Waals surface area (Å²) < 4.78 is 26.9. The first kappa shape index (κ1) is 20.0. The largest absolute Gasteiger partial charge is 0.365 e. The summed E-state index contributed by atoms with van der Waals surface area (Å²) >= 11 is 0. The van der Waals surface area contributed by atoms with Gasteiger partial charge in [-0.25, -0.2) is 18.4 Å². The molecule has 154 valence electrons. The summed E-state index contributed by atoms with van der Waals surface area (Å²) in [5.41, 5.74) is 3.56. The van der Waals surface area contributed by atoms with Crippen LogP contribution in [0.1, 0.15) is 38.1 Å². The van der Waals surface area contributed by atoms with Crippen LogP contribution in [0.5, 0.6) is 0 Å². The number of piperidine rings is 1. The van der Waals surface area contributed by atoms with Gasteiger partial charge in [-0.05, 0) is 37.0 Å². The van der Waals surface area contributed by atoms with Crippen molar-refractivity contribution < 1.29 is 8.42 Å². The fourth-order valence-electron chi connectivity index (χ4n) is 3.90. The van der Waals surface area contributed by atoms with Gasteiger partial charge in [0.05, 0.1) is 29.0 Å². The molecule has 0 unspecified atom stereocenters. The van der Waals surface area contributed by atoms with E-state index in [1.54, 1.807) is 16.7 Å². The molecule has 1 N–H and O–H groups in total. The molecule has 1 saturated heterocycles. The van der Waals surface area contributed by atoms with Crippen LogP contribution in [0.4, 0.5) is 5.82 Å². The summed E-state index contributed by atoms with van der Waals surface area (Å²) in [6.07, 6.45) is 10.1. The monoisotopic (exact) mass is 413 g/mol. The maximum atomic E-state index is 12.6. The van der Waals surface area contributed by atoms with Crippen LogP contribution >= 0.6 is 0 Å². The summed E-state index contributed by atoms with van der Waals surface area (Å²) in [6, 6.07) is 3.88. The van der Waals surface area contributed by atoms with Crippen LogP contribution in [0.25, 0.3) is 17.3 Å². The second-order valence-corrected chi connectivity index (χ2v) is 10.1. The Kier molecular flexibility index (Phi) is 5.65. The third-order valence-electron chi connectivity index (χ3n) is 5.21. The van der Waals surface area contributed by atoms with E-state index < -0.39 is 10.0 Å². The van der Waals surface area contributed by atoms with Gasteiger partial charge in [-0.1, -0.05) is 19.9 Å². The highest BCUT2D eigenvalue weighted by molar-refractivity contribution is 7.89. The van der Waals surface area contributed by atoms with Gasteiger partial charge in [-0.2, -0.15) is 4.31 Å². The molecule has 1 aliphatic carbocycles. The molecule has 1 fully saturated rings. The van der Waals surface area contributed by atoms with Crippen LogP contribution < -0.4 is 5.32 Å². The van der Waals surface area contributed by atoms with Gasteiger partial charge >= 0.3 is 0 Å². The van der Waals surface area contributed by atoms with Crippen molar-refractivity contribution in [2.75, 3.05) is 24.2 Å². The molecular weight excluding hydrogens is 386 g/mol. The smallest absolute Gasteiger partial charge is 0.214 e. The lowest BCUT2D eigenvalue weighted by molar-refractivity contribution is 0.325. The average molecular weight is 414 g/mol. The molecule has 0 aromatic carbocycles. The quantitative estimate of drug-likeness (QED) is 0.783. The van der Waals surface area contributed by atoms with Crippen LogP contribution in [0.2, 0.25) is 0 Å². The second-order valence-electron chi connectivity index (χ2n) is 8.11. The van der Waals surface area contributed by atoms with Crippen molar-refractivity contribution in [1.82, 2.24) is 19.3 Å². The molecule has 0 spiro atoms. The molecule has 0 radical (unpaired) electrons. The van der Waals surface area contributed by atoms with Crippen molar-refractivity contribution in [2.24, 2.45) is 5.92 Å². The van der Waals surface area contributed by atoms with Crippen LogP contribution in [0.3, 0.4) is 0 Å². The van der Waals surface area contributed by atoms with E-state index in [-0.39, 0.29) is 17.7 Å². The number of hydrogen-bond donors (Lipinski definition) is 1. The number of nitrogens with zero attached hydrogens (tertiary/aromatic N) is 4. The van der Waals surface area contributed by atoms with E-state index in [0.29, 0.717) is 13.1 Å². The normalized spacial score (nSPS) is 19.5. The lowest BCUT2D eigenvalue weighted by atomic mass is 10.1. The minimum absolute atomic E-state index is 0.0170. The molecule has 8 heteroatoms. The number of hydrogen-bond acceptors (Lipinski definition) is 6. The van der Waals surface area contributed by atoms with Crippen molar-refractivity contribution in [1.29, 1.82) is 0 Å². The van der Waals surface area contributed by atoms with Gasteiger partial charge in [0.15, 0.2) is 0 Å². The first-order chi connectivity index (χ1) is 13.9. The van der Waals surface area contributed by atoms with Crippen molar-refractivity contribution in [2.45, 2.75) is 39.2 Å². The number of aromatic nitrogens is 3. The predicted molar refractivity (Wildman–Crippen MR) is 115 cm³/mol. The number of fused-ring (bicyclic) bond motifs is 1. The predicted octanol–water partition coefficient (Wildman–Crippen LogP) is 2.97. The Morgan fingerprint density at radius 1 is 1.31 bits per heavy atom. The molecule has 2 aliphatic rings. The van der Waals surface area contributed by atoms with E-state index in [0.717, 1.165) is 47.7 Å². The van der Waals surface area contributed by atoms with Gasteiger partial charge in [0, 0.05) is 37.3 Å². The van der Waals surface area contributed by atoms with Crippen LogP contribution in [0.15, 0.2) is 30.6 Å². The second kappa shape index (κ2) is 8.20. The Morgan fingerprint density at radius 3 is 3.00 bits per heavy atom. The van der Waals surface area contributed by atoms with Gasteiger partial charge < -0.3 is 5.32 Å². The summed E-state index contributed by atoms with van der Waals surface area (Å²) in [5, 5.41) is 3.47. The first-order valence-corrected chi connectivity index (χ1v) is 11.8. The average Bonchev–Trinajstić information content (AvgIpc) is 3.15. The van der Waals surface area contributed by atoms with Crippen molar-refractivity contribution >= 4 is 21.9 Å². The Morgan fingerprint density at radius 2 is 2.17 bits per heavy atom. The van der Waals surface area contributed by atoms with E-state index in [2.05, 4.69) is 21.4 Å². The maximum absolute atomic E-state index is 12.6. The summed E-state index contributed by atoms with van der Waals surface area (Å²) in [6.45, 7) is 4.92. The van der Waals surface area contributed by atoms with Gasteiger partial charge in [0.1, 0.15) is 5.82 Å². The molecule has 1 aliphatic heterocycles. The first-order valence-electron chi connectivity index (χ1n) is 10.1. The molecule has 0 amide bonds. The fraction of sp³-hybridized carbons (Fsp3) is 0.476. The van der Waals surface area contributed by atoms with Gasteiger partial charge in [-0.3, -0.25) is 4.98 Å². The van der Waals surface area contributed by atoms with E-state index in [1.807, 2.05) is 32.1 Å². The van der Waals surface area contributed by atoms with Crippen LogP contribution in [0, 0.1) is 5.92 Å². The maximum Gasteiger partial charge on any atom is 0.214 e. The lowest BCUT2D eigenvalue weighted by Crippen LogP contribution is -2.46. The summed E-state index contributed by atoms with van der Waals surface area (Å²) in [5.74, 6) is 1.03. The zero-order valence-electron chi connectivity index (χ0n) is 16.9. The van der Waals surface area contributed by atoms with Gasteiger partial charge in [0.25, 0.3) is 0 Å². The highest BCUT2D eigenvalue weighted by Gasteiger charge is 2.30. The molecule has 4 rings (SSSR count). The zero-order valence-corrected chi connectivity index (χ0v) is 17.7. The Labute approximate surface area is 172 Å². The number of allylic oxidation sites excluding steroid dienone is 1. The molecule has 0 bridgehead atoms. The number of pyridine rings is 1. The zero-order chi connectivity index (χ0) is 20.4. The molecule has 0 saturated carbocycles. The SMILES string of the molecule is CC(C)CS(=O)(=O)N1CCC[C@H](Nc2ncccc2-c2cnc3c(n2)CC=C3)C1.